The molecule has 0 rings (SSSR count). The molecule has 2 nitrogen and oxygen atoms in total. The number of hydrogen-bond acceptors (Lipinski definition) is 2. The Labute approximate surface area is 81.3 Å². The summed E-state index contributed by atoms with van der Waals surface area (Å²) in [6, 6.07) is 0. The molecule has 0 aliphatic rings. The second-order valence-corrected chi connectivity index (χ2v) is 5.34. The summed E-state index contributed by atoms with van der Waals surface area (Å²) in [6.45, 7) is 10.8. The summed E-state index contributed by atoms with van der Waals surface area (Å²) in [5.41, 5.74) is 0. The van der Waals surface area contributed by atoms with E-state index in [1.807, 2.05) is 13.8 Å². The number of sulfone groups is 1. The predicted octanol–water partition coefficient (Wildman–Crippen LogP) is 2.33. The van der Waals surface area contributed by atoms with Crippen molar-refractivity contribution in [1.29, 1.82) is 0 Å². The van der Waals surface area contributed by atoms with Crippen LogP contribution in [0.15, 0.2) is 25.3 Å². The van der Waals surface area contributed by atoms with Crippen LogP contribution < -0.4 is 0 Å². The van der Waals surface area contributed by atoms with Crippen LogP contribution in [0.2, 0.25) is 0 Å². The van der Waals surface area contributed by atoms with E-state index in [9.17, 15) is 8.42 Å². The van der Waals surface area contributed by atoms with Gasteiger partial charge in [-0.3, -0.25) is 0 Å². The largest absolute Gasteiger partial charge is 0.228 e. The standard InChI is InChI=1S/C10H18O2S/c1-5-9(6-2)13(11,12)10(7-3)8-4/h5,7,9-10H,1,3,6,8H2,2,4H3. The van der Waals surface area contributed by atoms with E-state index in [1.165, 1.54) is 12.2 Å². The molecule has 0 saturated heterocycles. The maximum absolute atomic E-state index is 11.8. The highest BCUT2D eigenvalue weighted by Gasteiger charge is 2.27. The van der Waals surface area contributed by atoms with Gasteiger partial charge in [0.05, 0.1) is 10.5 Å². The quantitative estimate of drug-likeness (QED) is 0.619. The molecule has 0 fully saturated rings. The lowest BCUT2D eigenvalue weighted by atomic mass is 10.3. The summed E-state index contributed by atoms with van der Waals surface area (Å²) < 4.78 is 23.6. The fourth-order valence-corrected chi connectivity index (χ4v) is 3.21. The highest BCUT2D eigenvalue weighted by atomic mass is 32.2. The van der Waals surface area contributed by atoms with Crippen molar-refractivity contribution >= 4 is 9.84 Å². The lowest BCUT2D eigenvalue weighted by molar-refractivity contribution is 0.577. The molecule has 0 N–H and O–H groups in total. The fourth-order valence-electron chi connectivity index (χ4n) is 1.29. The lowest BCUT2D eigenvalue weighted by Crippen LogP contribution is -2.28. The topological polar surface area (TPSA) is 34.1 Å². The van der Waals surface area contributed by atoms with Crippen LogP contribution in [-0.4, -0.2) is 18.9 Å². The molecule has 13 heavy (non-hydrogen) atoms. The second-order valence-electron chi connectivity index (χ2n) is 2.95. The molecule has 0 aliphatic heterocycles. The van der Waals surface area contributed by atoms with Crippen LogP contribution in [0.3, 0.4) is 0 Å². The highest BCUT2D eigenvalue weighted by Crippen LogP contribution is 2.17. The molecule has 76 valence electrons. The van der Waals surface area contributed by atoms with Crippen molar-refractivity contribution in [2.24, 2.45) is 0 Å². The van der Waals surface area contributed by atoms with Gasteiger partial charge in [0.15, 0.2) is 9.84 Å². The summed E-state index contributed by atoms with van der Waals surface area (Å²) in [5, 5.41) is -0.870. The summed E-state index contributed by atoms with van der Waals surface area (Å²) in [4.78, 5) is 0. The first-order chi connectivity index (χ1) is 6.04. The van der Waals surface area contributed by atoms with Crippen LogP contribution in [0.1, 0.15) is 26.7 Å². The van der Waals surface area contributed by atoms with Gasteiger partial charge in [-0.25, -0.2) is 8.42 Å². The van der Waals surface area contributed by atoms with Crippen LogP contribution in [0.5, 0.6) is 0 Å². The van der Waals surface area contributed by atoms with Crippen molar-refractivity contribution in [3.63, 3.8) is 0 Å². The van der Waals surface area contributed by atoms with Gasteiger partial charge in [0.2, 0.25) is 0 Å². The number of hydrogen-bond donors (Lipinski definition) is 0. The maximum atomic E-state index is 11.8. The van der Waals surface area contributed by atoms with Crippen LogP contribution in [0.25, 0.3) is 0 Å². The van der Waals surface area contributed by atoms with Gasteiger partial charge in [0.25, 0.3) is 0 Å². The van der Waals surface area contributed by atoms with Gasteiger partial charge in [-0.15, -0.1) is 13.2 Å². The Balaban J connectivity index is 4.91. The Morgan fingerprint density at radius 3 is 1.54 bits per heavy atom. The van der Waals surface area contributed by atoms with Crippen LogP contribution in [-0.2, 0) is 9.84 Å². The Hall–Kier alpha value is -0.570. The summed E-state index contributed by atoms with van der Waals surface area (Å²) in [6.07, 6.45) is 4.16. The first-order valence-electron chi connectivity index (χ1n) is 4.52. The molecular formula is C10H18O2S. The van der Waals surface area contributed by atoms with Crippen molar-refractivity contribution in [2.75, 3.05) is 0 Å². The minimum atomic E-state index is -3.10. The first kappa shape index (κ1) is 12.4. The van der Waals surface area contributed by atoms with E-state index in [-0.39, 0.29) is 0 Å². The Morgan fingerprint density at radius 2 is 1.38 bits per heavy atom. The van der Waals surface area contributed by atoms with E-state index in [0.29, 0.717) is 12.8 Å². The van der Waals surface area contributed by atoms with E-state index in [0.717, 1.165) is 0 Å². The average Bonchev–Trinajstić information content (AvgIpc) is 2.07. The lowest BCUT2D eigenvalue weighted by Gasteiger charge is -2.17. The van der Waals surface area contributed by atoms with Crippen molar-refractivity contribution in [3.05, 3.63) is 25.3 Å². The van der Waals surface area contributed by atoms with Gasteiger partial charge in [-0.05, 0) is 12.8 Å². The van der Waals surface area contributed by atoms with Crippen molar-refractivity contribution < 1.29 is 8.42 Å². The minimum Gasteiger partial charge on any atom is -0.228 e. The SMILES string of the molecule is C=CC(CC)S(=O)(=O)C(C=C)CC. The van der Waals surface area contributed by atoms with Gasteiger partial charge in [-0.1, -0.05) is 26.0 Å². The van der Waals surface area contributed by atoms with Crippen LogP contribution in [0, 0.1) is 0 Å². The monoisotopic (exact) mass is 202 g/mol. The predicted molar refractivity (Wildman–Crippen MR) is 57.5 cm³/mol. The molecule has 2 atom stereocenters. The van der Waals surface area contributed by atoms with Gasteiger partial charge < -0.3 is 0 Å². The van der Waals surface area contributed by atoms with E-state index >= 15 is 0 Å². The smallest absolute Gasteiger partial charge is 0.163 e. The summed E-state index contributed by atoms with van der Waals surface area (Å²) in [7, 11) is -3.10. The molecule has 0 saturated carbocycles. The van der Waals surface area contributed by atoms with E-state index in [1.54, 1.807) is 0 Å². The van der Waals surface area contributed by atoms with Crippen molar-refractivity contribution in [1.82, 2.24) is 0 Å². The molecule has 3 heteroatoms. The zero-order chi connectivity index (χ0) is 10.5. The van der Waals surface area contributed by atoms with Crippen LogP contribution >= 0.6 is 0 Å². The third kappa shape index (κ3) is 2.69. The molecule has 0 aliphatic carbocycles. The summed E-state index contributed by atoms with van der Waals surface area (Å²) in [5.74, 6) is 0. The third-order valence-corrected chi connectivity index (χ3v) is 4.91. The zero-order valence-electron chi connectivity index (χ0n) is 8.36. The van der Waals surface area contributed by atoms with Gasteiger partial charge >= 0.3 is 0 Å². The molecule has 0 amide bonds. The molecular weight excluding hydrogens is 184 g/mol. The van der Waals surface area contributed by atoms with Gasteiger partial charge in [0.1, 0.15) is 0 Å². The molecule has 0 bridgehead atoms. The molecule has 0 aromatic rings. The molecule has 0 heterocycles. The molecule has 0 spiro atoms. The van der Waals surface area contributed by atoms with E-state index in [2.05, 4.69) is 13.2 Å². The zero-order valence-corrected chi connectivity index (χ0v) is 9.18. The molecule has 0 radical (unpaired) electrons. The van der Waals surface area contributed by atoms with Crippen molar-refractivity contribution in [2.45, 2.75) is 37.2 Å². The number of rotatable bonds is 6. The van der Waals surface area contributed by atoms with Gasteiger partial charge in [0, 0.05) is 0 Å². The molecule has 2 unspecified atom stereocenters. The molecule has 0 aromatic heterocycles. The Kier molecular flexibility index (Phi) is 4.99. The second kappa shape index (κ2) is 5.22. The Morgan fingerprint density at radius 1 is 1.08 bits per heavy atom. The normalized spacial score (nSPS) is 16.2. The van der Waals surface area contributed by atoms with Gasteiger partial charge in [-0.2, -0.15) is 0 Å². The fraction of sp³-hybridized carbons (Fsp3) is 0.600. The van der Waals surface area contributed by atoms with Crippen LogP contribution in [0.4, 0.5) is 0 Å². The Bertz CT molecular complexity index is 243. The maximum Gasteiger partial charge on any atom is 0.163 e. The van der Waals surface area contributed by atoms with E-state index < -0.39 is 20.3 Å². The highest BCUT2D eigenvalue weighted by molar-refractivity contribution is 7.93. The third-order valence-electron chi connectivity index (χ3n) is 2.17. The first-order valence-corrected chi connectivity index (χ1v) is 6.13. The minimum absolute atomic E-state index is 0.435. The average molecular weight is 202 g/mol. The van der Waals surface area contributed by atoms with E-state index in [4.69, 9.17) is 0 Å². The molecule has 0 aromatic carbocycles. The van der Waals surface area contributed by atoms with Crippen molar-refractivity contribution in [3.8, 4) is 0 Å². The summed E-state index contributed by atoms with van der Waals surface area (Å²) >= 11 is 0.